The van der Waals surface area contributed by atoms with Gasteiger partial charge >= 0.3 is 0 Å². The van der Waals surface area contributed by atoms with Crippen molar-refractivity contribution < 1.29 is 9.53 Å². The van der Waals surface area contributed by atoms with E-state index in [4.69, 9.17) is 10.00 Å². The number of rotatable bonds is 3. The summed E-state index contributed by atoms with van der Waals surface area (Å²) >= 11 is 0. The first-order valence-corrected chi connectivity index (χ1v) is 5.29. The standard InChI is InChI=1S/C14H10N2O2/c1-18-14-7-6-12(16-13(14)9-17)11-4-2-10(8-15)3-5-11/h2-7,9H,1H3. The Labute approximate surface area is 104 Å². The number of hydrogen-bond donors (Lipinski definition) is 0. The van der Waals surface area contributed by atoms with Gasteiger partial charge in [0, 0.05) is 5.56 Å². The molecule has 0 saturated heterocycles. The van der Waals surface area contributed by atoms with E-state index in [1.165, 1.54) is 7.11 Å². The molecule has 88 valence electrons. The Morgan fingerprint density at radius 3 is 2.50 bits per heavy atom. The molecule has 0 spiro atoms. The average Bonchev–Trinajstić information content (AvgIpc) is 2.46. The third-order valence-electron chi connectivity index (χ3n) is 2.53. The quantitative estimate of drug-likeness (QED) is 0.770. The molecule has 0 unspecified atom stereocenters. The van der Waals surface area contributed by atoms with Crippen LogP contribution in [-0.4, -0.2) is 18.4 Å². The molecule has 0 fully saturated rings. The van der Waals surface area contributed by atoms with Crippen molar-refractivity contribution in [3.8, 4) is 23.1 Å². The summed E-state index contributed by atoms with van der Waals surface area (Å²) in [6.07, 6.45) is 0.659. The van der Waals surface area contributed by atoms with Crippen molar-refractivity contribution >= 4 is 6.29 Å². The Hall–Kier alpha value is -2.67. The van der Waals surface area contributed by atoms with Crippen LogP contribution in [0.25, 0.3) is 11.3 Å². The first kappa shape index (κ1) is 11.8. The van der Waals surface area contributed by atoms with Gasteiger partial charge in [0.15, 0.2) is 6.29 Å². The molecule has 0 amide bonds. The highest BCUT2D eigenvalue weighted by Crippen LogP contribution is 2.22. The summed E-state index contributed by atoms with van der Waals surface area (Å²) in [5.74, 6) is 0.447. The molecule has 1 aromatic carbocycles. The number of aldehydes is 1. The number of carbonyl (C=O) groups is 1. The fourth-order valence-electron chi connectivity index (χ4n) is 1.60. The Bertz CT molecular complexity index is 613. The maximum Gasteiger partial charge on any atom is 0.172 e. The molecular weight excluding hydrogens is 228 g/mol. The van der Waals surface area contributed by atoms with Crippen molar-refractivity contribution in [1.82, 2.24) is 4.98 Å². The molecule has 2 aromatic rings. The van der Waals surface area contributed by atoms with Gasteiger partial charge in [-0.3, -0.25) is 4.79 Å². The molecule has 1 aromatic heterocycles. The number of nitriles is 1. The van der Waals surface area contributed by atoms with E-state index in [0.717, 1.165) is 5.56 Å². The van der Waals surface area contributed by atoms with Crippen LogP contribution in [-0.2, 0) is 0 Å². The zero-order valence-corrected chi connectivity index (χ0v) is 9.75. The van der Waals surface area contributed by atoms with E-state index in [1.807, 2.05) is 6.07 Å². The van der Waals surface area contributed by atoms with Gasteiger partial charge in [-0.1, -0.05) is 12.1 Å². The largest absolute Gasteiger partial charge is 0.494 e. The first-order chi connectivity index (χ1) is 8.78. The highest BCUT2D eigenvalue weighted by molar-refractivity contribution is 5.78. The maximum absolute atomic E-state index is 10.9. The van der Waals surface area contributed by atoms with Crippen LogP contribution >= 0.6 is 0 Å². The summed E-state index contributed by atoms with van der Waals surface area (Å²) in [7, 11) is 1.49. The number of nitrogens with zero attached hydrogens (tertiary/aromatic N) is 2. The number of aromatic nitrogens is 1. The van der Waals surface area contributed by atoms with E-state index in [2.05, 4.69) is 4.98 Å². The summed E-state index contributed by atoms with van der Waals surface area (Å²) in [6, 6.07) is 12.5. The second kappa shape index (κ2) is 5.11. The Morgan fingerprint density at radius 2 is 1.94 bits per heavy atom. The van der Waals surface area contributed by atoms with Crippen LogP contribution in [0.1, 0.15) is 16.1 Å². The lowest BCUT2D eigenvalue weighted by Crippen LogP contribution is -1.95. The molecule has 0 atom stereocenters. The molecule has 0 radical (unpaired) electrons. The Morgan fingerprint density at radius 1 is 1.22 bits per heavy atom. The molecule has 0 bridgehead atoms. The first-order valence-electron chi connectivity index (χ1n) is 5.29. The van der Waals surface area contributed by atoms with Crippen LogP contribution in [0.2, 0.25) is 0 Å². The SMILES string of the molecule is COc1ccc(-c2ccc(C#N)cc2)nc1C=O. The Balaban J connectivity index is 2.44. The molecule has 0 aliphatic heterocycles. The molecule has 18 heavy (non-hydrogen) atoms. The molecule has 2 rings (SSSR count). The number of benzene rings is 1. The summed E-state index contributed by atoms with van der Waals surface area (Å²) in [5.41, 5.74) is 2.37. The van der Waals surface area contributed by atoms with Crippen molar-refractivity contribution in [1.29, 1.82) is 5.26 Å². The fourth-order valence-corrected chi connectivity index (χ4v) is 1.60. The van der Waals surface area contributed by atoms with Gasteiger partial charge in [-0.05, 0) is 24.3 Å². The Kier molecular flexibility index (Phi) is 3.35. The van der Waals surface area contributed by atoms with Crippen LogP contribution in [0.3, 0.4) is 0 Å². The summed E-state index contributed by atoms with van der Waals surface area (Å²) in [6.45, 7) is 0. The molecule has 0 N–H and O–H groups in total. The van der Waals surface area contributed by atoms with Gasteiger partial charge in [-0.2, -0.15) is 5.26 Å². The van der Waals surface area contributed by atoms with Crippen LogP contribution < -0.4 is 4.74 Å². The smallest absolute Gasteiger partial charge is 0.172 e. The third-order valence-corrected chi connectivity index (χ3v) is 2.53. The van der Waals surface area contributed by atoms with E-state index in [1.54, 1.807) is 36.4 Å². The minimum Gasteiger partial charge on any atom is -0.494 e. The van der Waals surface area contributed by atoms with Crippen molar-refractivity contribution in [3.63, 3.8) is 0 Å². The molecule has 0 aliphatic carbocycles. The molecule has 4 heteroatoms. The minimum atomic E-state index is 0.263. The van der Waals surface area contributed by atoms with Crippen LogP contribution in [0.4, 0.5) is 0 Å². The molecule has 1 heterocycles. The van der Waals surface area contributed by atoms with Crippen LogP contribution in [0, 0.1) is 11.3 Å². The topological polar surface area (TPSA) is 63.0 Å². The zero-order chi connectivity index (χ0) is 13.0. The van der Waals surface area contributed by atoms with Crippen molar-refractivity contribution in [2.45, 2.75) is 0 Å². The number of methoxy groups -OCH3 is 1. The van der Waals surface area contributed by atoms with E-state index in [-0.39, 0.29) is 5.69 Å². The van der Waals surface area contributed by atoms with Crippen LogP contribution in [0.15, 0.2) is 36.4 Å². The second-order valence-corrected chi connectivity index (χ2v) is 3.59. The number of ether oxygens (including phenoxy) is 1. The molecule has 4 nitrogen and oxygen atoms in total. The zero-order valence-electron chi connectivity index (χ0n) is 9.75. The monoisotopic (exact) mass is 238 g/mol. The van der Waals surface area contributed by atoms with Gasteiger partial charge in [0.2, 0.25) is 0 Å². The number of pyridine rings is 1. The second-order valence-electron chi connectivity index (χ2n) is 3.59. The van der Waals surface area contributed by atoms with Crippen LogP contribution in [0.5, 0.6) is 5.75 Å². The predicted molar refractivity (Wildman–Crippen MR) is 66.3 cm³/mol. The fraction of sp³-hybridized carbons (Fsp3) is 0.0714. The summed E-state index contributed by atoms with van der Waals surface area (Å²) in [5, 5.41) is 8.72. The average molecular weight is 238 g/mol. The molecule has 0 saturated carbocycles. The lowest BCUT2D eigenvalue weighted by atomic mass is 10.1. The highest BCUT2D eigenvalue weighted by Gasteiger charge is 2.06. The van der Waals surface area contributed by atoms with Gasteiger partial charge in [0.05, 0.1) is 24.4 Å². The minimum absolute atomic E-state index is 0.263. The van der Waals surface area contributed by atoms with Gasteiger partial charge in [-0.25, -0.2) is 4.98 Å². The summed E-state index contributed by atoms with van der Waals surface area (Å²) < 4.78 is 5.03. The highest BCUT2D eigenvalue weighted by atomic mass is 16.5. The number of carbonyl (C=O) groups excluding carboxylic acids is 1. The third kappa shape index (κ3) is 2.20. The van der Waals surface area contributed by atoms with Crippen molar-refractivity contribution in [2.24, 2.45) is 0 Å². The van der Waals surface area contributed by atoms with Gasteiger partial charge in [0.1, 0.15) is 11.4 Å². The maximum atomic E-state index is 10.9. The molecule has 0 aliphatic rings. The lowest BCUT2D eigenvalue weighted by molar-refractivity contribution is 0.111. The predicted octanol–water partition coefficient (Wildman–Crippen LogP) is 2.44. The van der Waals surface area contributed by atoms with E-state index >= 15 is 0 Å². The van der Waals surface area contributed by atoms with E-state index in [9.17, 15) is 4.79 Å². The van der Waals surface area contributed by atoms with Gasteiger partial charge in [0.25, 0.3) is 0 Å². The lowest BCUT2D eigenvalue weighted by Gasteiger charge is -2.05. The molecular formula is C14H10N2O2. The van der Waals surface area contributed by atoms with Gasteiger partial charge < -0.3 is 4.74 Å². The number of hydrogen-bond acceptors (Lipinski definition) is 4. The van der Waals surface area contributed by atoms with Gasteiger partial charge in [-0.15, -0.1) is 0 Å². The van der Waals surface area contributed by atoms with E-state index < -0.39 is 0 Å². The normalized spacial score (nSPS) is 9.56. The summed E-state index contributed by atoms with van der Waals surface area (Å²) in [4.78, 5) is 15.1. The van der Waals surface area contributed by atoms with Crippen molar-refractivity contribution in [3.05, 3.63) is 47.7 Å². The van der Waals surface area contributed by atoms with Crippen molar-refractivity contribution in [2.75, 3.05) is 7.11 Å². The van der Waals surface area contributed by atoms with E-state index in [0.29, 0.717) is 23.3 Å².